The lowest BCUT2D eigenvalue weighted by atomic mass is 10.2. The third-order valence-electron chi connectivity index (χ3n) is 4.44. The molecule has 0 fully saturated rings. The molecule has 6 heteroatoms. The molecule has 0 bridgehead atoms. The number of imidazole rings is 1. The summed E-state index contributed by atoms with van der Waals surface area (Å²) in [5, 5.41) is 3.00. The fourth-order valence-electron chi connectivity index (χ4n) is 3.34. The number of aryl methyl sites for hydroxylation is 3. The van der Waals surface area contributed by atoms with E-state index in [0.29, 0.717) is 18.8 Å². The van der Waals surface area contributed by atoms with Gasteiger partial charge in [0.15, 0.2) is 0 Å². The highest BCUT2D eigenvalue weighted by Gasteiger charge is 2.23. The summed E-state index contributed by atoms with van der Waals surface area (Å²) in [5.41, 5.74) is 3.73. The molecule has 0 aliphatic rings. The summed E-state index contributed by atoms with van der Waals surface area (Å²) >= 11 is 0. The standard InChI is InChI=1S/C20H25N5O/c1-5-16(20(26)21-12-18-22-13(3)11-14(4)23-18)25-17-10-8-7-9-15(17)24-19(25)6-2/h7-11,16H,5-6,12H2,1-4H3,(H,21,26)/t16-/m1/s1. The highest BCUT2D eigenvalue weighted by atomic mass is 16.2. The molecule has 1 amide bonds. The van der Waals surface area contributed by atoms with Crippen LogP contribution in [0.25, 0.3) is 11.0 Å². The molecule has 6 nitrogen and oxygen atoms in total. The zero-order valence-corrected chi connectivity index (χ0v) is 15.8. The third kappa shape index (κ3) is 3.59. The lowest BCUT2D eigenvalue weighted by Gasteiger charge is -2.19. The molecule has 1 aromatic carbocycles. The van der Waals surface area contributed by atoms with Crippen LogP contribution in [-0.4, -0.2) is 25.4 Å². The van der Waals surface area contributed by atoms with Gasteiger partial charge in [-0.05, 0) is 38.5 Å². The van der Waals surface area contributed by atoms with Crippen LogP contribution in [0.1, 0.15) is 49.3 Å². The van der Waals surface area contributed by atoms with Crippen molar-refractivity contribution in [2.75, 3.05) is 0 Å². The number of hydrogen-bond acceptors (Lipinski definition) is 4. The van der Waals surface area contributed by atoms with E-state index in [0.717, 1.165) is 34.7 Å². The first-order valence-corrected chi connectivity index (χ1v) is 9.08. The molecular weight excluding hydrogens is 326 g/mol. The lowest BCUT2D eigenvalue weighted by Crippen LogP contribution is -2.33. The van der Waals surface area contributed by atoms with Crippen LogP contribution in [0, 0.1) is 13.8 Å². The van der Waals surface area contributed by atoms with Gasteiger partial charge in [-0.3, -0.25) is 4.79 Å². The number of nitrogens with one attached hydrogen (secondary N) is 1. The second kappa shape index (κ2) is 7.64. The molecule has 0 unspecified atom stereocenters. The summed E-state index contributed by atoms with van der Waals surface area (Å²) in [5.74, 6) is 1.53. The van der Waals surface area contributed by atoms with Crippen LogP contribution in [0.4, 0.5) is 0 Å². The quantitative estimate of drug-likeness (QED) is 0.740. The topological polar surface area (TPSA) is 72.7 Å². The van der Waals surface area contributed by atoms with Gasteiger partial charge in [-0.1, -0.05) is 26.0 Å². The molecule has 0 aliphatic carbocycles. The molecule has 1 atom stereocenters. The summed E-state index contributed by atoms with van der Waals surface area (Å²) in [4.78, 5) is 26.4. The molecule has 2 aromatic heterocycles. The van der Waals surface area contributed by atoms with Crippen LogP contribution in [0.15, 0.2) is 30.3 Å². The van der Waals surface area contributed by atoms with Gasteiger partial charge >= 0.3 is 0 Å². The van der Waals surface area contributed by atoms with E-state index >= 15 is 0 Å². The van der Waals surface area contributed by atoms with Crippen molar-refractivity contribution < 1.29 is 4.79 Å². The average molecular weight is 351 g/mol. The van der Waals surface area contributed by atoms with Gasteiger partial charge < -0.3 is 9.88 Å². The number of para-hydroxylation sites is 2. The van der Waals surface area contributed by atoms with Crippen molar-refractivity contribution >= 4 is 16.9 Å². The van der Waals surface area contributed by atoms with Crippen molar-refractivity contribution in [1.82, 2.24) is 24.8 Å². The summed E-state index contributed by atoms with van der Waals surface area (Å²) < 4.78 is 2.06. The SMILES string of the molecule is CCc1nc2ccccc2n1[C@H](CC)C(=O)NCc1nc(C)cc(C)n1. The number of amides is 1. The van der Waals surface area contributed by atoms with Crippen molar-refractivity contribution in [3.63, 3.8) is 0 Å². The maximum atomic E-state index is 12.9. The Kier molecular flexibility index (Phi) is 5.30. The summed E-state index contributed by atoms with van der Waals surface area (Å²) in [6.07, 6.45) is 1.46. The fourth-order valence-corrected chi connectivity index (χ4v) is 3.34. The maximum absolute atomic E-state index is 12.9. The number of fused-ring (bicyclic) bond motifs is 1. The number of hydrogen-bond donors (Lipinski definition) is 1. The Morgan fingerprint density at radius 1 is 1.12 bits per heavy atom. The molecule has 0 saturated heterocycles. The van der Waals surface area contributed by atoms with Crippen molar-refractivity contribution in [2.24, 2.45) is 0 Å². The first-order chi connectivity index (χ1) is 12.5. The number of aromatic nitrogens is 4. The predicted molar refractivity (Wildman–Crippen MR) is 102 cm³/mol. The average Bonchev–Trinajstić information content (AvgIpc) is 2.98. The Morgan fingerprint density at radius 2 is 1.81 bits per heavy atom. The Labute approximate surface area is 153 Å². The molecule has 136 valence electrons. The Bertz CT molecular complexity index is 911. The zero-order chi connectivity index (χ0) is 18.7. The monoisotopic (exact) mass is 351 g/mol. The normalized spacial score (nSPS) is 12.3. The first kappa shape index (κ1) is 18.0. The highest BCUT2D eigenvalue weighted by Crippen LogP contribution is 2.24. The van der Waals surface area contributed by atoms with Crippen LogP contribution in [-0.2, 0) is 17.8 Å². The van der Waals surface area contributed by atoms with E-state index < -0.39 is 0 Å². The minimum Gasteiger partial charge on any atom is -0.347 e. The van der Waals surface area contributed by atoms with Gasteiger partial charge in [0.1, 0.15) is 17.7 Å². The van der Waals surface area contributed by atoms with Crippen LogP contribution in [0.3, 0.4) is 0 Å². The van der Waals surface area contributed by atoms with Gasteiger partial charge in [-0.2, -0.15) is 0 Å². The number of carbonyl (C=O) groups excluding carboxylic acids is 1. The Balaban J connectivity index is 1.85. The van der Waals surface area contributed by atoms with E-state index in [9.17, 15) is 4.79 Å². The van der Waals surface area contributed by atoms with E-state index in [1.807, 2.05) is 51.1 Å². The smallest absolute Gasteiger partial charge is 0.243 e. The molecular formula is C20H25N5O. The third-order valence-corrected chi connectivity index (χ3v) is 4.44. The summed E-state index contributed by atoms with van der Waals surface area (Å²) in [7, 11) is 0. The zero-order valence-electron chi connectivity index (χ0n) is 15.8. The minimum absolute atomic E-state index is 0.0342. The molecule has 0 saturated carbocycles. The predicted octanol–water partition coefficient (Wildman–Crippen LogP) is 3.27. The van der Waals surface area contributed by atoms with Gasteiger partial charge in [-0.15, -0.1) is 0 Å². The van der Waals surface area contributed by atoms with Crippen molar-refractivity contribution in [1.29, 1.82) is 0 Å². The highest BCUT2D eigenvalue weighted by molar-refractivity contribution is 5.84. The summed E-state index contributed by atoms with van der Waals surface area (Å²) in [6, 6.07) is 9.57. The van der Waals surface area contributed by atoms with E-state index in [4.69, 9.17) is 0 Å². The van der Waals surface area contributed by atoms with Crippen LogP contribution < -0.4 is 5.32 Å². The van der Waals surface area contributed by atoms with Gasteiger partial charge in [0.25, 0.3) is 0 Å². The molecule has 3 aromatic rings. The minimum atomic E-state index is -0.303. The Morgan fingerprint density at radius 3 is 2.46 bits per heavy atom. The maximum Gasteiger partial charge on any atom is 0.243 e. The van der Waals surface area contributed by atoms with Crippen LogP contribution in [0.5, 0.6) is 0 Å². The van der Waals surface area contributed by atoms with Gasteiger partial charge in [0.2, 0.25) is 5.91 Å². The molecule has 1 N–H and O–H groups in total. The second-order valence-corrected chi connectivity index (χ2v) is 6.45. The van der Waals surface area contributed by atoms with Crippen LogP contribution >= 0.6 is 0 Å². The number of benzene rings is 1. The van der Waals surface area contributed by atoms with Gasteiger partial charge in [-0.25, -0.2) is 15.0 Å². The molecule has 3 rings (SSSR count). The number of nitrogens with zero attached hydrogens (tertiary/aromatic N) is 4. The number of rotatable bonds is 6. The van der Waals surface area contributed by atoms with Crippen molar-refractivity contribution in [2.45, 2.75) is 53.1 Å². The first-order valence-electron chi connectivity index (χ1n) is 9.08. The van der Waals surface area contributed by atoms with Crippen molar-refractivity contribution in [3.8, 4) is 0 Å². The summed E-state index contributed by atoms with van der Waals surface area (Å²) in [6.45, 7) is 8.27. The Hall–Kier alpha value is -2.76. The van der Waals surface area contributed by atoms with E-state index in [1.54, 1.807) is 0 Å². The molecule has 26 heavy (non-hydrogen) atoms. The molecule has 0 radical (unpaired) electrons. The fraction of sp³-hybridized carbons (Fsp3) is 0.400. The second-order valence-electron chi connectivity index (χ2n) is 6.45. The van der Waals surface area contributed by atoms with E-state index in [-0.39, 0.29) is 11.9 Å². The van der Waals surface area contributed by atoms with Gasteiger partial charge in [0.05, 0.1) is 17.6 Å². The van der Waals surface area contributed by atoms with E-state index in [2.05, 4.69) is 31.8 Å². The lowest BCUT2D eigenvalue weighted by molar-refractivity contribution is -0.124. The molecule has 2 heterocycles. The molecule has 0 aliphatic heterocycles. The van der Waals surface area contributed by atoms with Crippen LogP contribution in [0.2, 0.25) is 0 Å². The molecule has 0 spiro atoms. The van der Waals surface area contributed by atoms with Crippen molar-refractivity contribution in [3.05, 3.63) is 53.4 Å². The van der Waals surface area contributed by atoms with E-state index in [1.165, 1.54) is 0 Å². The number of carbonyl (C=O) groups is 1. The largest absolute Gasteiger partial charge is 0.347 e. The van der Waals surface area contributed by atoms with Gasteiger partial charge in [0, 0.05) is 17.8 Å².